The molecule has 2 N–H and O–H groups in total. The van der Waals surface area contributed by atoms with E-state index in [-0.39, 0.29) is 36.1 Å². The number of unbranched alkanes of at least 4 members (excludes halogenated alkanes) is 1. The number of aromatic nitrogens is 1. The van der Waals surface area contributed by atoms with Crippen LogP contribution in [0.25, 0.3) is 0 Å². The van der Waals surface area contributed by atoms with Gasteiger partial charge >= 0.3 is 7.12 Å². The van der Waals surface area contributed by atoms with Crippen molar-refractivity contribution in [3.05, 3.63) is 23.4 Å². The molecule has 0 bridgehead atoms. The van der Waals surface area contributed by atoms with Crippen LogP contribution in [-0.4, -0.2) is 59.3 Å². The van der Waals surface area contributed by atoms with Gasteiger partial charge in [0.05, 0.1) is 16.2 Å². The maximum Gasteiger partial charge on any atom is 0.457 e. The molecule has 0 saturated carbocycles. The highest BCUT2D eigenvalue weighted by Crippen LogP contribution is 2.39. The van der Waals surface area contributed by atoms with E-state index in [1.165, 1.54) is 6.92 Å². The van der Waals surface area contributed by atoms with Crippen LogP contribution in [0.15, 0.2) is 18.3 Å². The van der Waals surface area contributed by atoms with E-state index in [0.717, 1.165) is 50.9 Å². The van der Waals surface area contributed by atoms with E-state index in [1.54, 1.807) is 6.20 Å². The van der Waals surface area contributed by atoms with Crippen molar-refractivity contribution < 1.29 is 18.9 Å². The minimum absolute atomic E-state index is 0.00542. The van der Waals surface area contributed by atoms with Crippen LogP contribution in [0.1, 0.15) is 87.5 Å². The van der Waals surface area contributed by atoms with Crippen molar-refractivity contribution in [1.29, 1.82) is 0 Å². The lowest BCUT2D eigenvalue weighted by Crippen LogP contribution is -2.66. The van der Waals surface area contributed by atoms with Crippen LogP contribution in [0.3, 0.4) is 0 Å². The second-order valence-corrected chi connectivity index (χ2v) is 13.3. The number of hydrogen-bond donors (Lipinski definition) is 2. The molecular weight excluding hydrogens is 503 g/mol. The maximum absolute atomic E-state index is 13.9. The van der Waals surface area contributed by atoms with Gasteiger partial charge in [-0.2, -0.15) is 0 Å². The van der Waals surface area contributed by atoms with Crippen LogP contribution >= 0.6 is 11.6 Å². The predicted octanol–water partition coefficient (Wildman–Crippen LogP) is 5.00. The van der Waals surface area contributed by atoms with Gasteiger partial charge in [-0.3, -0.25) is 9.59 Å². The molecule has 1 aromatic heterocycles. The molecule has 0 spiro atoms. The van der Waals surface area contributed by atoms with Gasteiger partial charge in [-0.05, 0) is 92.1 Å². The lowest BCUT2D eigenvalue weighted by atomic mass is 9.72. The summed E-state index contributed by atoms with van der Waals surface area (Å²) in [5.74, 6) is 0.564. The van der Waals surface area contributed by atoms with Crippen LogP contribution in [0.5, 0.6) is 0 Å². The lowest BCUT2D eigenvalue weighted by Gasteiger charge is -2.45. The number of rotatable bonds is 9. The van der Waals surface area contributed by atoms with Gasteiger partial charge in [0.2, 0.25) is 11.8 Å². The minimum Gasteiger partial charge on any atom is -0.403 e. The first-order valence-electron chi connectivity index (χ1n) is 13.9. The summed E-state index contributed by atoms with van der Waals surface area (Å²) in [6, 6.07) is 3.76. The molecule has 0 radical (unpaired) electrons. The highest BCUT2D eigenvalue weighted by molar-refractivity contribution is 6.45. The van der Waals surface area contributed by atoms with Crippen LogP contribution in [0.4, 0.5) is 5.82 Å². The van der Waals surface area contributed by atoms with E-state index >= 15 is 0 Å². The summed E-state index contributed by atoms with van der Waals surface area (Å²) in [6.45, 7) is 17.1. The van der Waals surface area contributed by atoms with Crippen molar-refractivity contribution in [1.82, 2.24) is 15.6 Å². The molecule has 1 atom stereocenters. The largest absolute Gasteiger partial charge is 0.457 e. The molecule has 1 aromatic rings. The summed E-state index contributed by atoms with van der Waals surface area (Å²) in [4.78, 5) is 33.1. The van der Waals surface area contributed by atoms with E-state index in [2.05, 4.69) is 48.2 Å². The van der Waals surface area contributed by atoms with Gasteiger partial charge < -0.3 is 24.8 Å². The highest BCUT2D eigenvalue weighted by Gasteiger charge is 2.51. The smallest absolute Gasteiger partial charge is 0.403 e. The fourth-order valence-electron chi connectivity index (χ4n) is 5.44. The van der Waals surface area contributed by atoms with Crippen LogP contribution < -0.4 is 15.5 Å². The Morgan fingerprint density at radius 2 is 1.68 bits per heavy atom. The molecule has 2 saturated heterocycles. The van der Waals surface area contributed by atoms with Crippen LogP contribution in [0.2, 0.25) is 11.3 Å². The molecule has 10 heteroatoms. The van der Waals surface area contributed by atoms with Crippen LogP contribution in [0, 0.1) is 5.92 Å². The van der Waals surface area contributed by atoms with E-state index in [4.69, 9.17) is 20.9 Å². The van der Waals surface area contributed by atoms with Crippen molar-refractivity contribution in [2.75, 3.05) is 18.0 Å². The summed E-state index contributed by atoms with van der Waals surface area (Å²) < 4.78 is 12.3. The van der Waals surface area contributed by atoms with E-state index in [1.807, 2.05) is 32.9 Å². The molecule has 3 rings (SSSR count). The fourth-order valence-corrected chi connectivity index (χ4v) is 5.56. The first-order chi connectivity index (χ1) is 17.5. The SMILES string of the molecule is CC(=O)NC(CCCCB1OC(C)(C)C(C)(C)O1)(C(=O)NC(C)(C)C)C1CCN(c2ccc(Cl)cn2)CC1. The molecule has 2 aliphatic rings. The number of anilines is 1. The average molecular weight is 549 g/mol. The Morgan fingerprint density at radius 3 is 2.18 bits per heavy atom. The molecule has 8 nitrogen and oxygen atoms in total. The zero-order chi connectivity index (χ0) is 28.4. The van der Waals surface area contributed by atoms with Crippen molar-refractivity contribution >= 4 is 36.4 Å². The van der Waals surface area contributed by atoms with Gasteiger partial charge in [0.25, 0.3) is 0 Å². The Balaban J connectivity index is 1.74. The zero-order valence-electron chi connectivity index (χ0n) is 24.4. The number of amides is 2. The molecule has 1 unspecified atom stereocenters. The summed E-state index contributed by atoms with van der Waals surface area (Å²) in [6.07, 6.45) is 6.07. The Bertz CT molecular complexity index is 958. The molecule has 2 amide bonds. The summed E-state index contributed by atoms with van der Waals surface area (Å²) in [7, 11) is -0.270. The number of halogens is 1. The third kappa shape index (κ3) is 7.42. The maximum atomic E-state index is 13.9. The van der Waals surface area contributed by atoms with Gasteiger partial charge in [0, 0.05) is 31.7 Å². The summed E-state index contributed by atoms with van der Waals surface area (Å²) >= 11 is 6.02. The molecule has 0 aliphatic carbocycles. The van der Waals surface area contributed by atoms with Gasteiger partial charge in [-0.15, -0.1) is 0 Å². The van der Waals surface area contributed by atoms with E-state index < -0.39 is 11.1 Å². The Labute approximate surface area is 234 Å². The van der Waals surface area contributed by atoms with Crippen molar-refractivity contribution in [2.45, 2.75) is 116 Å². The number of pyridine rings is 1. The number of hydrogen-bond acceptors (Lipinski definition) is 6. The number of carbonyl (C=O) groups excluding carboxylic acids is 2. The third-order valence-electron chi connectivity index (χ3n) is 8.08. The summed E-state index contributed by atoms with van der Waals surface area (Å²) in [5.41, 5.74) is -2.14. The van der Waals surface area contributed by atoms with E-state index in [9.17, 15) is 9.59 Å². The average Bonchev–Trinajstić information content (AvgIpc) is 3.01. The second-order valence-electron chi connectivity index (χ2n) is 12.9. The number of piperidine rings is 1. The molecular formula is C28H46BClN4O4. The topological polar surface area (TPSA) is 92.8 Å². The zero-order valence-corrected chi connectivity index (χ0v) is 25.2. The number of carbonyl (C=O) groups is 2. The highest BCUT2D eigenvalue weighted by atomic mass is 35.5. The molecule has 3 heterocycles. The van der Waals surface area contributed by atoms with Crippen LogP contribution in [-0.2, 0) is 18.9 Å². The number of nitrogens with zero attached hydrogens (tertiary/aromatic N) is 2. The third-order valence-corrected chi connectivity index (χ3v) is 8.31. The molecule has 2 fully saturated rings. The minimum atomic E-state index is -0.992. The first kappa shape index (κ1) is 30.7. The van der Waals surface area contributed by atoms with Gasteiger partial charge in [-0.25, -0.2) is 4.98 Å². The molecule has 2 aliphatic heterocycles. The second kappa shape index (κ2) is 11.7. The van der Waals surface area contributed by atoms with Crippen molar-refractivity contribution in [3.63, 3.8) is 0 Å². The first-order valence-corrected chi connectivity index (χ1v) is 14.3. The standard InChI is InChI=1S/C28H46BClN4O4/c1-20(35)32-28(24(36)33-25(2,3)4,15-9-10-16-29-37-26(5,6)27(7,8)38-29)21-13-17-34(18-14-21)23-12-11-22(30)19-31-23/h11-12,19,21H,9-10,13-18H2,1-8H3,(H,32,35)(H,33,36). The Hall–Kier alpha value is -1.84. The molecule has 0 aromatic carbocycles. The van der Waals surface area contributed by atoms with Gasteiger partial charge in [-0.1, -0.05) is 24.4 Å². The monoisotopic (exact) mass is 548 g/mol. The predicted molar refractivity (Wildman–Crippen MR) is 153 cm³/mol. The normalized spacial score (nSPS) is 21.2. The summed E-state index contributed by atoms with van der Waals surface area (Å²) in [5, 5.41) is 6.91. The van der Waals surface area contributed by atoms with Gasteiger partial charge in [0.15, 0.2) is 0 Å². The van der Waals surface area contributed by atoms with Gasteiger partial charge in [0.1, 0.15) is 11.4 Å². The number of nitrogens with one attached hydrogen (secondary N) is 2. The Kier molecular flexibility index (Phi) is 9.47. The Morgan fingerprint density at radius 1 is 1.08 bits per heavy atom. The fraction of sp³-hybridized carbons (Fsp3) is 0.750. The molecule has 212 valence electrons. The lowest BCUT2D eigenvalue weighted by molar-refractivity contribution is -0.137. The van der Waals surface area contributed by atoms with E-state index in [0.29, 0.717) is 11.4 Å². The van der Waals surface area contributed by atoms with Crippen molar-refractivity contribution in [3.8, 4) is 0 Å². The van der Waals surface area contributed by atoms with Crippen molar-refractivity contribution in [2.24, 2.45) is 5.92 Å². The molecule has 38 heavy (non-hydrogen) atoms. The quantitative estimate of drug-likeness (QED) is 0.333.